The quantitative estimate of drug-likeness (QED) is 0.699. The van der Waals surface area contributed by atoms with Crippen LogP contribution in [-0.4, -0.2) is 30.7 Å². The summed E-state index contributed by atoms with van der Waals surface area (Å²) in [5.41, 5.74) is 6.70. The highest BCUT2D eigenvalue weighted by Crippen LogP contribution is 2.43. The molecule has 3 aromatic rings. The minimum absolute atomic E-state index is 0.689. The van der Waals surface area contributed by atoms with Gasteiger partial charge in [0.25, 0.3) is 0 Å². The summed E-state index contributed by atoms with van der Waals surface area (Å²) in [7, 11) is 3.31. The molecule has 5 rings (SSSR count). The largest absolute Gasteiger partial charge is 0.493 e. The second-order valence-corrected chi connectivity index (χ2v) is 7.24. The number of hydrogen-bond acceptors (Lipinski definition) is 5. The predicted octanol–water partition coefficient (Wildman–Crippen LogP) is 4.22. The molecule has 1 aromatic heterocycles. The van der Waals surface area contributed by atoms with E-state index in [1.807, 2.05) is 12.1 Å². The fourth-order valence-corrected chi connectivity index (χ4v) is 4.54. The van der Waals surface area contributed by atoms with Gasteiger partial charge in [0.1, 0.15) is 12.1 Å². The third-order valence-corrected chi connectivity index (χ3v) is 5.84. The van der Waals surface area contributed by atoms with Crippen LogP contribution in [0.5, 0.6) is 11.5 Å². The Labute approximate surface area is 159 Å². The zero-order valence-corrected chi connectivity index (χ0v) is 15.8. The lowest BCUT2D eigenvalue weighted by Crippen LogP contribution is -2.18. The summed E-state index contributed by atoms with van der Waals surface area (Å²) in [5, 5.41) is 0.997. The maximum absolute atomic E-state index is 5.52. The van der Waals surface area contributed by atoms with Gasteiger partial charge in [-0.15, -0.1) is 0 Å². The van der Waals surface area contributed by atoms with Gasteiger partial charge in [0, 0.05) is 23.7 Å². The molecule has 0 bridgehead atoms. The second kappa shape index (κ2) is 6.41. The predicted molar refractivity (Wildman–Crippen MR) is 106 cm³/mol. The van der Waals surface area contributed by atoms with Crippen molar-refractivity contribution in [2.45, 2.75) is 32.1 Å². The zero-order valence-electron chi connectivity index (χ0n) is 15.8. The molecule has 0 amide bonds. The molecule has 2 heterocycles. The Balaban J connectivity index is 1.70. The van der Waals surface area contributed by atoms with Crippen LogP contribution in [0.15, 0.2) is 30.6 Å². The lowest BCUT2D eigenvalue weighted by Gasteiger charge is -2.26. The Morgan fingerprint density at radius 2 is 1.67 bits per heavy atom. The normalized spacial score (nSPS) is 15.6. The van der Waals surface area contributed by atoms with Crippen molar-refractivity contribution in [2.24, 2.45) is 0 Å². The molecular formula is C22H23N3O2. The van der Waals surface area contributed by atoms with Gasteiger partial charge in [0.2, 0.25) is 0 Å². The standard InChI is InChI=1S/C22H23N3O2/c1-26-19-11-17-18(12-20(19)27-2)23-13-24-22(17)25-10-9-15-8-7-14-5-3-4-6-16(14)21(15)25/h7-8,11-13H,3-6,9-10H2,1-2H3. The fraction of sp³-hybridized carbons (Fsp3) is 0.364. The van der Waals surface area contributed by atoms with Crippen molar-refractivity contribution < 1.29 is 9.47 Å². The van der Waals surface area contributed by atoms with Gasteiger partial charge in [-0.3, -0.25) is 0 Å². The number of hydrogen-bond donors (Lipinski definition) is 0. The number of nitrogens with zero attached hydrogens (tertiary/aromatic N) is 3. The molecule has 5 heteroatoms. The first-order valence-electron chi connectivity index (χ1n) is 9.58. The molecule has 0 spiro atoms. The Morgan fingerprint density at radius 3 is 2.52 bits per heavy atom. The van der Waals surface area contributed by atoms with Crippen molar-refractivity contribution in [1.82, 2.24) is 9.97 Å². The highest BCUT2D eigenvalue weighted by molar-refractivity contribution is 5.95. The molecule has 2 aliphatic rings. The Morgan fingerprint density at radius 1 is 0.889 bits per heavy atom. The third-order valence-electron chi connectivity index (χ3n) is 5.84. The third kappa shape index (κ3) is 2.52. The molecule has 0 saturated carbocycles. The number of ether oxygens (including phenoxy) is 2. The van der Waals surface area contributed by atoms with Crippen molar-refractivity contribution in [2.75, 3.05) is 25.7 Å². The SMILES string of the molecule is COc1cc2ncnc(N3CCc4ccc5c(c43)CCCC5)c2cc1OC. The summed E-state index contributed by atoms with van der Waals surface area (Å²) in [6, 6.07) is 8.57. The van der Waals surface area contributed by atoms with E-state index in [1.54, 1.807) is 20.5 Å². The van der Waals surface area contributed by atoms with Crippen molar-refractivity contribution in [3.63, 3.8) is 0 Å². The van der Waals surface area contributed by atoms with Crippen LogP contribution < -0.4 is 14.4 Å². The number of anilines is 2. The summed E-state index contributed by atoms with van der Waals surface area (Å²) >= 11 is 0. The van der Waals surface area contributed by atoms with Gasteiger partial charge in [0.15, 0.2) is 11.5 Å². The summed E-state index contributed by atoms with van der Waals surface area (Å²) in [5.74, 6) is 2.35. The molecule has 0 fully saturated rings. The van der Waals surface area contributed by atoms with E-state index in [1.165, 1.54) is 41.6 Å². The molecular weight excluding hydrogens is 338 g/mol. The van der Waals surface area contributed by atoms with Crippen LogP contribution in [0.3, 0.4) is 0 Å². The highest BCUT2D eigenvalue weighted by Gasteiger charge is 2.28. The molecule has 0 N–H and O–H groups in total. The molecule has 0 unspecified atom stereocenters. The van der Waals surface area contributed by atoms with Gasteiger partial charge in [0.05, 0.1) is 19.7 Å². The lowest BCUT2D eigenvalue weighted by molar-refractivity contribution is 0.356. The van der Waals surface area contributed by atoms with Crippen LogP contribution in [0.25, 0.3) is 10.9 Å². The first-order valence-corrected chi connectivity index (χ1v) is 9.58. The van der Waals surface area contributed by atoms with Crippen LogP contribution in [0.2, 0.25) is 0 Å². The average molecular weight is 361 g/mol. The van der Waals surface area contributed by atoms with Gasteiger partial charge in [-0.1, -0.05) is 12.1 Å². The molecule has 2 aromatic carbocycles. The number of methoxy groups -OCH3 is 2. The second-order valence-electron chi connectivity index (χ2n) is 7.24. The first kappa shape index (κ1) is 16.4. The van der Waals surface area contributed by atoms with Crippen LogP contribution in [0.1, 0.15) is 29.5 Å². The number of aryl methyl sites for hydroxylation is 1. The van der Waals surface area contributed by atoms with Crippen LogP contribution in [0, 0.1) is 0 Å². The minimum atomic E-state index is 0.689. The molecule has 0 radical (unpaired) electrons. The Kier molecular flexibility index (Phi) is 3.88. The molecule has 27 heavy (non-hydrogen) atoms. The number of rotatable bonds is 3. The smallest absolute Gasteiger partial charge is 0.162 e. The number of fused-ring (bicyclic) bond motifs is 4. The Bertz CT molecular complexity index is 1030. The summed E-state index contributed by atoms with van der Waals surface area (Å²) in [6.07, 6.45) is 7.62. The van der Waals surface area contributed by atoms with Gasteiger partial charge in [-0.05, 0) is 54.9 Å². The van der Waals surface area contributed by atoms with Gasteiger partial charge < -0.3 is 14.4 Å². The van der Waals surface area contributed by atoms with E-state index in [-0.39, 0.29) is 0 Å². The highest BCUT2D eigenvalue weighted by atomic mass is 16.5. The molecule has 0 atom stereocenters. The average Bonchev–Trinajstić information content (AvgIpc) is 3.16. The van der Waals surface area contributed by atoms with Gasteiger partial charge in [-0.2, -0.15) is 0 Å². The minimum Gasteiger partial charge on any atom is -0.493 e. The van der Waals surface area contributed by atoms with E-state index in [0.29, 0.717) is 11.5 Å². The van der Waals surface area contributed by atoms with Gasteiger partial charge in [-0.25, -0.2) is 9.97 Å². The first-order chi connectivity index (χ1) is 13.3. The summed E-state index contributed by atoms with van der Waals surface area (Å²) in [6.45, 7) is 0.951. The van der Waals surface area contributed by atoms with Crippen LogP contribution in [0.4, 0.5) is 11.5 Å². The molecule has 5 nitrogen and oxygen atoms in total. The molecule has 1 aliphatic heterocycles. The zero-order chi connectivity index (χ0) is 18.4. The number of benzene rings is 2. The maximum Gasteiger partial charge on any atom is 0.162 e. The van der Waals surface area contributed by atoms with E-state index in [4.69, 9.17) is 9.47 Å². The summed E-state index contributed by atoms with van der Waals surface area (Å²) in [4.78, 5) is 11.5. The fourth-order valence-electron chi connectivity index (χ4n) is 4.54. The van der Waals surface area contributed by atoms with E-state index in [9.17, 15) is 0 Å². The van der Waals surface area contributed by atoms with E-state index < -0.39 is 0 Å². The molecule has 1 aliphatic carbocycles. The summed E-state index contributed by atoms with van der Waals surface area (Å²) < 4.78 is 11.0. The monoisotopic (exact) mass is 361 g/mol. The van der Waals surface area contributed by atoms with Gasteiger partial charge >= 0.3 is 0 Å². The van der Waals surface area contributed by atoms with Crippen LogP contribution in [-0.2, 0) is 19.3 Å². The molecule has 0 saturated heterocycles. The van der Waals surface area contributed by atoms with E-state index in [2.05, 4.69) is 27.0 Å². The Hall–Kier alpha value is -2.82. The number of aromatic nitrogens is 2. The topological polar surface area (TPSA) is 47.5 Å². The van der Waals surface area contributed by atoms with Crippen molar-refractivity contribution >= 4 is 22.4 Å². The van der Waals surface area contributed by atoms with Crippen molar-refractivity contribution in [3.8, 4) is 11.5 Å². The van der Waals surface area contributed by atoms with E-state index >= 15 is 0 Å². The van der Waals surface area contributed by atoms with Crippen LogP contribution >= 0.6 is 0 Å². The molecule has 138 valence electrons. The van der Waals surface area contributed by atoms with Crippen molar-refractivity contribution in [1.29, 1.82) is 0 Å². The maximum atomic E-state index is 5.52. The van der Waals surface area contributed by atoms with Crippen molar-refractivity contribution in [3.05, 3.63) is 47.3 Å². The van der Waals surface area contributed by atoms with E-state index in [0.717, 1.165) is 36.1 Å². The lowest BCUT2D eigenvalue weighted by atomic mass is 9.88.